The highest BCUT2D eigenvalue weighted by Gasteiger charge is 2.30. The van der Waals surface area contributed by atoms with E-state index in [1.54, 1.807) is 19.2 Å². The molecule has 7 nitrogen and oxygen atoms in total. The van der Waals surface area contributed by atoms with Gasteiger partial charge in [-0.3, -0.25) is 4.79 Å². The summed E-state index contributed by atoms with van der Waals surface area (Å²) in [6, 6.07) is 3.44. The third kappa shape index (κ3) is 4.23. The van der Waals surface area contributed by atoms with E-state index in [1.165, 1.54) is 31.5 Å². The molecule has 1 amide bonds. The monoisotopic (exact) mass is 398 g/mol. The molecule has 0 bridgehead atoms. The number of hydrogen-bond acceptors (Lipinski definition) is 5. The van der Waals surface area contributed by atoms with Crippen LogP contribution >= 0.6 is 0 Å². The highest BCUT2D eigenvalue weighted by Crippen LogP contribution is 2.39. The van der Waals surface area contributed by atoms with Crippen molar-refractivity contribution < 1.29 is 14.3 Å². The van der Waals surface area contributed by atoms with Crippen molar-refractivity contribution in [2.24, 2.45) is 5.92 Å². The van der Waals surface area contributed by atoms with Crippen LogP contribution in [0.15, 0.2) is 18.3 Å². The number of likely N-dealkylation sites (tertiary alicyclic amines) is 1. The largest absolute Gasteiger partial charge is 0.481 e. The fraction of sp³-hybridized carbons (Fsp3) is 0.591. The molecule has 7 heteroatoms. The van der Waals surface area contributed by atoms with Gasteiger partial charge in [0.1, 0.15) is 11.4 Å². The molecule has 4 rings (SSSR count). The maximum Gasteiger partial charge on any atom is 0.259 e. The van der Waals surface area contributed by atoms with Gasteiger partial charge in [-0.05, 0) is 51.0 Å². The number of aryl methyl sites for hydroxylation is 1. The topological polar surface area (TPSA) is 69.5 Å². The van der Waals surface area contributed by atoms with E-state index in [1.807, 2.05) is 11.1 Å². The van der Waals surface area contributed by atoms with Gasteiger partial charge in [0.05, 0.1) is 14.2 Å². The third-order valence-corrected chi connectivity index (χ3v) is 6.16. The summed E-state index contributed by atoms with van der Waals surface area (Å²) in [4.78, 5) is 23.7. The molecular weight excluding hydrogens is 368 g/mol. The predicted octanol–water partition coefficient (Wildman–Crippen LogP) is 3.42. The number of pyridine rings is 1. The van der Waals surface area contributed by atoms with Crippen LogP contribution < -0.4 is 9.47 Å². The summed E-state index contributed by atoms with van der Waals surface area (Å²) in [5, 5.41) is 0. The first-order chi connectivity index (χ1) is 14.1. The van der Waals surface area contributed by atoms with E-state index < -0.39 is 0 Å². The van der Waals surface area contributed by atoms with Crippen molar-refractivity contribution in [2.45, 2.75) is 51.5 Å². The van der Waals surface area contributed by atoms with Gasteiger partial charge in [-0.15, -0.1) is 0 Å². The van der Waals surface area contributed by atoms with E-state index in [0.29, 0.717) is 29.2 Å². The van der Waals surface area contributed by atoms with E-state index in [4.69, 9.17) is 9.47 Å². The summed E-state index contributed by atoms with van der Waals surface area (Å²) in [5.41, 5.74) is 1.76. The highest BCUT2D eigenvalue weighted by molar-refractivity contribution is 5.96. The van der Waals surface area contributed by atoms with Gasteiger partial charge >= 0.3 is 0 Å². The molecule has 1 aliphatic heterocycles. The zero-order valence-corrected chi connectivity index (χ0v) is 17.6. The Kier molecular flexibility index (Phi) is 5.74. The molecule has 0 radical (unpaired) electrons. The first kappa shape index (κ1) is 19.7. The lowest BCUT2D eigenvalue weighted by atomic mass is 9.93. The molecule has 2 aromatic heterocycles. The standard InChI is InChI=1S/C22H30N4O3/c1-15-14-23-20(17-4-5-17)26(15)13-10-16-8-11-25(12-9-16)22(27)18-6-7-19(28-2)24-21(18)29-3/h6-7,14,16-17H,4-5,8-13H2,1-3H3. The fourth-order valence-corrected chi connectivity index (χ4v) is 4.20. The van der Waals surface area contributed by atoms with Gasteiger partial charge in [0.2, 0.25) is 11.8 Å². The molecular formula is C22H30N4O3. The van der Waals surface area contributed by atoms with E-state index in [-0.39, 0.29) is 5.91 Å². The highest BCUT2D eigenvalue weighted by atomic mass is 16.5. The second kappa shape index (κ2) is 8.43. The average molecular weight is 399 g/mol. The van der Waals surface area contributed by atoms with Gasteiger partial charge < -0.3 is 18.9 Å². The number of piperidine rings is 1. The maximum atomic E-state index is 13.0. The minimum absolute atomic E-state index is 0.0167. The molecule has 29 heavy (non-hydrogen) atoms. The number of carbonyl (C=O) groups is 1. The van der Waals surface area contributed by atoms with Crippen LogP contribution in [-0.2, 0) is 6.54 Å². The summed E-state index contributed by atoms with van der Waals surface area (Å²) in [7, 11) is 3.08. The van der Waals surface area contributed by atoms with Crippen molar-refractivity contribution in [1.82, 2.24) is 19.4 Å². The number of methoxy groups -OCH3 is 2. The quantitative estimate of drug-likeness (QED) is 0.715. The number of amides is 1. The summed E-state index contributed by atoms with van der Waals surface area (Å²) < 4.78 is 12.8. The molecule has 2 aromatic rings. The molecule has 156 valence electrons. The number of hydrogen-bond donors (Lipinski definition) is 0. The molecule has 1 saturated heterocycles. The fourth-order valence-electron chi connectivity index (χ4n) is 4.20. The summed E-state index contributed by atoms with van der Waals surface area (Å²) in [5.74, 6) is 3.34. The Morgan fingerprint density at radius 3 is 2.55 bits per heavy atom. The Hall–Kier alpha value is -2.57. The normalized spacial score (nSPS) is 17.4. The summed E-state index contributed by atoms with van der Waals surface area (Å²) in [6.45, 7) is 4.73. The predicted molar refractivity (Wildman–Crippen MR) is 110 cm³/mol. The molecule has 0 atom stereocenters. The number of nitrogens with zero attached hydrogens (tertiary/aromatic N) is 4. The molecule has 2 aliphatic rings. The lowest BCUT2D eigenvalue weighted by Crippen LogP contribution is -2.39. The molecule has 2 fully saturated rings. The Morgan fingerprint density at radius 1 is 1.14 bits per heavy atom. The van der Waals surface area contributed by atoms with Crippen molar-refractivity contribution in [3.63, 3.8) is 0 Å². The van der Waals surface area contributed by atoms with Gasteiger partial charge in [0.25, 0.3) is 5.91 Å². The van der Waals surface area contributed by atoms with Crippen LogP contribution in [0.4, 0.5) is 0 Å². The molecule has 0 spiro atoms. The Morgan fingerprint density at radius 2 is 1.90 bits per heavy atom. The molecule has 0 N–H and O–H groups in total. The summed E-state index contributed by atoms with van der Waals surface area (Å²) in [6.07, 6.45) is 7.77. The second-order valence-electron chi connectivity index (χ2n) is 8.12. The van der Waals surface area contributed by atoms with E-state index in [2.05, 4.69) is 21.5 Å². The van der Waals surface area contributed by atoms with Crippen LogP contribution in [-0.4, -0.2) is 52.7 Å². The average Bonchev–Trinajstić information content (AvgIpc) is 3.54. The minimum Gasteiger partial charge on any atom is -0.481 e. The van der Waals surface area contributed by atoms with Gasteiger partial charge in [-0.1, -0.05) is 0 Å². The van der Waals surface area contributed by atoms with Crippen molar-refractivity contribution in [1.29, 1.82) is 0 Å². The van der Waals surface area contributed by atoms with Crippen molar-refractivity contribution in [2.75, 3.05) is 27.3 Å². The van der Waals surface area contributed by atoms with Crippen LogP contribution in [0.2, 0.25) is 0 Å². The Labute approximate surface area is 172 Å². The molecule has 0 unspecified atom stereocenters. The lowest BCUT2D eigenvalue weighted by Gasteiger charge is -2.32. The van der Waals surface area contributed by atoms with Crippen molar-refractivity contribution in [3.05, 3.63) is 35.4 Å². The van der Waals surface area contributed by atoms with Crippen LogP contribution in [0.5, 0.6) is 11.8 Å². The summed E-state index contributed by atoms with van der Waals surface area (Å²) >= 11 is 0. The van der Waals surface area contributed by atoms with E-state index in [0.717, 1.165) is 38.9 Å². The SMILES string of the molecule is COc1ccc(C(=O)N2CCC(CCn3c(C)cnc3C3CC3)CC2)c(OC)n1. The second-order valence-corrected chi connectivity index (χ2v) is 8.12. The van der Waals surface area contributed by atoms with E-state index >= 15 is 0 Å². The smallest absolute Gasteiger partial charge is 0.259 e. The number of aromatic nitrogens is 3. The molecule has 1 aliphatic carbocycles. The first-order valence-electron chi connectivity index (χ1n) is 10.5. The Balaban J connectivity index is 1.33. The van der Waals surface area contributed by atoms with Gasteiger partial charge in [0, 0.05) is 43.5 Å². The zero-order chi connectivity index (χ0) is 20.4. The van der Waals surface area contributed by atoms with Crippen LogP contribution in [0.3, 0.4) is 0 Å². The molecule has 1 saturated carbocycles. The molecule has 3 heterocycles. The minimum atomic E-state index is -0.0167. The van der Waals surface area contributed by atoms with Gasteiger partial charge in [-0.25, -0.2) is 4.98 Å². The zero-order valence-electron chi connectivity index (χ0n) is 17.6. The van der Waals surface area contributed by atoms with Gasteiger partial charge in [0.15, 0.2) is 0 Å². The van der Waals surface area contributed by atoms with Crippen LogP contribution in [0.25, 0.3) is 0 Å². The first-order valence-corrected chi connectivity index (χ1v) is 10.5. The number of carbonyl (C=O) groups excluding carboxylic acids is 1. The third-order valence-electron chi connectivity index (χ3n) is 6.16. The van der Waals surface area contributed by atoms with Crippen LogP contribution in [0, 0.1) is 12.8 Å². The van der Waals surface area contributed by atoms with Crippen molar-refractivity contribution >= 4 is 5.91 Å². The number of ether oxygens (including phenoxy) is 2. The van der Waals surface area contributed by atoms with Gasteiger partial charge in [-0.2, -0.15) is 4.98 Å². The van der Waals surface area contributed by atoms with Crippen molar-refractivity contribution in [3.8, 4) is 11.8 Å². The maximum absolute atomic E-state index is 13.0. The van der Waals surface area contributed by atoms with Crippen LogP contribution in [0.1, 0.15) is 59.9 Å². The lowest BCUT2D eigenvalue weighted by molar-refractivity contribution is 0.0680. The molecule has 0 aromatic carbocycles. The Bertz CT molecular complexity index is 867. The number of imidazole rings is 1. The van der Waals surface area contributed by atoms with E-state index in [9.17, 15) is 4.79 Å². The number of rotatable bonds is 7.